The predicted octanol–water partition coefficient (Wildman–Crippen LogP) is 3.34. The normalized spacial score (nSPS) is 17.0. The molecule has 25 heavy (non-hydrogen) atoms. The molecule has 0 radical (unpaired) electrons. The average Bonchev–Trinajstić information content (AvgIpc) is 2.76. The van der Waals surface area contributed by atoms with Crippen LogP contribution in [0, 0.1) is 0 Å². The zero-order valence-corrected chi connectivity index (χ0v) is 16.3. The number of nitrogens with zero attached hydrogens (tertiary/aromatic N) is 2. The minimum atomic E-state index is -0.639. The van der Waals surface area contributed by atoms with Gasteiger partial charge in [0.05, 0.1) is 0 Å². The number of hydrogen-bond acceptors (Lipinski definition) is 5. The van der Waals surface area contributed by atoms with Crippen LogP contribution in [0.15, 0.2) is 11.6 Å². The Hall–Kier alpha value is -2.05. The number of carbonyl (C=O) groups is 3. The van der Waals surface area contributed by atoms with Crippen LogP contribution in [0.25, 0.3) is 0 Å². The Labute approximate surface area is 149 Å². The summed E-state index contributed by atoms with van der Waals surface area (Å²) in [6.45, 7) is 11.5. The number of hydrogen-bond donors (Lipinski definition) is 0. The molecule has 0 unspecified atom stereocenters. The van der Waals surface area contributed by atoms with Gasteiger partial charge < -0.3 is 14.4 Å². The molecule has 0 aromatic rings. The smallest absolute Gasteiger partial charge is 0.417 e. The Balaban J connectivity index is 2.53. The van der Waals surface area contributed by atoms with Crippen LogP contribution in [0.2, 0.25) is 0 Å². The second-order valence-electron chi connectivity index (χ2n) is 8.11. The molecule has 1 aliphatic heterocycles. The van der Waals surface area contributed by atoms with Crippen molar-refractivity contribution in [2.24, 2.45) is 0 Å². The van der Waals surface area contributed by atoms with Crippen molar-refractivity contribution in [3.63, 3.8) is 0 Å². The standard InChI is InChI=1S/C18H30N2O5/c1-17(2,3)24-15(22)19(7)11-8-9-13-10-12-20(14(13)21)16(23)25-18(4,5)6/h9H,8,10-12H2,1-7H3/b13-9+. The van der Waals surface area contributed by atoms with E-state index >= 15 is 0 Å². The lowest BCUT2D eigenvalue weighted by Gasteiger charge is -2.24. The monoisotopic (exact) mass is 354 g/mol. The third-order valence-electron chi connectivity index (χ3n) is 3.30. The summed E-state index contributed by atoms with van der Waals surface area (Å²) in [5.74, 6) is -0.325. The molecule has 1 fully saturated rings. The first-order valence-corrected chi connectivity index (χ1v) is 8.48. The first-order chi connectivity index (χ1) is 11.3. The molecule has 0 saturated carbocycles. The molecule has 1 rings (SSSR count). The number of carbonyl (C=O) groups excluding carboxylic acids is 3. The van der Waals surface area contributed by atoms with Crippen LogP contribution in [0.5, 0.6) is 0 Å². The topological polar surface area (TPSA) is 76.2 Å². The highest BCUT2D eigenvalue weighted by molar-refractivity contribution is 6.04. The molecule has 0 aromatic carbocycles. The zero-order valence-electron chi connectivity index (χ0n) is 16.3. The fourth-order valence-corrected chi connectivity index (χ4v) is 2.16. The van der Waals surface area contributed by atoms with E-state index in [1.165, 1.54) is 4.90 Å². The Bertz CT molecular complexity index is 555. The quantitative estimate of drug-likeness (QED) is 0.727. The maximum Gasteiger partial charge on any atom is 0.417 e. The van der Waals surface area contributed by atoms with Gasteiger partial charge in [-0.1, -0.05) is 6.08 Å². The van der Waals surface area contributed by atoms with Gasteiger partial charge in [0.15, 0.2) is 0 Å². The minimum Gasteiger partial charge on any atom is -0.444 e. The lowest BCUT2D eigenvalue weighted by atomic mass is 10.2. The minimum absolute atomic E-state index is 0.321. The highest BCUT2D eigenvalue weighted by atomic mass is 16.6. The van der Waals surface area contributed by atoms with Crippen LogP contribution < -0.4 is 0 Å². The van der Waals surface area contributed by atoms with Crippen molar-refractivity contribution < 1.29 is 23.9 Å². The van der Waals surface area contributed by atoms with Gasteiger partial charge in [0.2, 0.25) is 0 Å². The molecule has 1 aliphatic rings. The van der Waals surface area contributed by atoms with Crippen molar-refractivity contribution in [1.29, 1.82) is 0 Å². The number of amides is 3. The summed E-state index contributed by atoms with van der Waals surface area (Å²) in [5.41, 5.74) is -0.609. The summed E-state index contributed by atoms with van der Waals surface area (Å²) in [4.78, 5) is 38.7. The lowest BCUT2D eigenvalue weighted by Crippen LogP contribution is -2.37. The third kappa shape index (κ3) is 7.15. The second-order valence-corrected chi connectivity index (χ2v) is 8.11. The first kappa shape index (κ1) is 21.0. The Kier molecular flexibility index (Phi) is 6.62. The average molecular weight is 354 g/mol. The molecule has 7 heteroatoms. The van der Waals surface area contributed by atoms with Crippen molar-refractivity contribution in [2.75, 3.05) is 20.1 Å². The van der Waals surface area contributed by atoms with Crippen LogP contribution >= 0.6 is 0 Å². The fraction of sp³-hybridized carbons (Fsp3) is 0.722. The first-order valence-electron chi connectivity index (χ1n) is 8.48. The van der Waals surface area contributed by atoms with Gasteiger partial charge in [0, 0.05) is 25.7 Å². The Morgan fingerprint density at radius 2 is 1.68 bits per heavy atom. The molecule has 142 valence electrons. The molecular formula is C18H30N2O5. The van der Waals surface area contributed by atoms with Crippen molar-refractivity contribution in [1.82, 2.24) is 9.80 Å². The number of rotatable bonds is 3. The number of ether oxygens (including phenoxy) is 2. The van der Waals surface area contributed by atoms with Gasteiger partial charge in [-0.25, -0.2) is 14.5 Å². The molecule has 0 bridgehead atoms. The fourth-order valence-electron chi connectivity index (χ4n) is 2.16. The van der Waals surface area contributed by atoms with E-state index in [9.17, 15) is 14.4 Å². The maximum atomic E-state index is 12.3. The molecule has 1 saturated heterocycles. The van der Waals surface area contributed by atoms with Crippen molar-refractivity contribution in [3.8, 4) is 0 Å². The van der Waals surface area contributed by atoms with Crippen LogP contribution in [0.4, 0.5) is 9.59 Å². The molecule has 7 nitrogen and oxygen atoms in total. The zero-order chi connectivity index (χ0) is 19.4. The summed E-state index contributed by atoms with van der Waals surface area (Å²) in [5, 5.41) is 0. The Morgan fingerprint density at radius 3 is 2.20 bits per heavy atom. The highest BCUT2D eigenvalue weighted by Crippen LogP contribution is 2.21. The molecular weight excluding hydrogens is 324 g/mol. The SMILES string of the molecule is CN(CC/C=C1\CCN(C(=O)OC(C)(C)C)C1=O)C(=O)OC(C)(C)C. The van der Waals surface area contributed by atoms with E-state index < -0.39 is 23.4 Å². The molecule has 0 N–H and O–H groups in total. The molecule has 0 spiro atoms. The largest absolute Gasteiger partial charge is 0.444 e. The van der Waals surface area contributed by atoms with Crippen LogP contribution in [0.3, 0.4) is 0 Å². The van der Waals surface area contributed by atoms with Crippen molar-refractivity contribution in [3.05, 3.63) is 11.6 Å². The summed E-state index contributed by atoms with van der Waals surface area (Å²) in [6.07, 6.45) is 1.76. The molecule has 0 aliphatic carbocycles. The van der Waals surface area contributed by atoms with Crippen LogP contribution in [0.1, 0.15) is 54.4 Å². The third-order valence-corrected chi connectivity index (χ3v) is 3.30. The van der Waals surface area contributed by atoms with Gasteiger partial charge in [-0.15, -0.1) is 0 Å². The molecule has 0 aromatic heterocycles. The lowest BCUT2D eigenvalue weighted by molar-refractivity contribution is -0.124. The number of likely N-dealkylation sites (tertiary alicyclic amines) is 1. The van der Waals surface area contributed by atoms with Crippen LogP contribution in [-0.2, 0) is 14.3 Å². The maximum absolute atomic E-state index is 12.3. The van der Waals surface area contributed by atoms with Gasteiger partial charge in [0.25, 0.3) is 5.91 Å². The molecule has 0 atom stereocenters. The molecule has 3 amide bonds. The van der Waals surface area contributed by atoms with Gasteiger partial charge in [-0.05, 0) is 54.4 Å². The van der Waals surface area contributed by atoms with Gasteiger partial charge in [-0.3, -0.25) is 4.79 Å². The van der Waals surface area contributed by atoms with Gasteiger partial charge >= 0.3 is 12.2 Å². The van der Waals surface area contributed by atoms with E-state index in [2.05, 4.69) is 0 Å². The summed E-state index contributed by atoms with van der Waals surface area (Å²) in [7, 11) is 1.65. The van der Waals surface area contributed by atoms with Crippen molar-refractivity contribution >= 4 is 18.1 Å². The Morgan fingerprint density at radius 1 is 1.12 bits per heavy atom. The summed E-state index contributed by atoms with van der Waals surface area (Å²) >= 11 is 0. The van der Waals surface area contributed by atoms with E-state index in [1.54, 1.807) is 33.9 Å². The van der Waals surface area contributed by atoms with E-state index in [0.717, 1.165) is 4.90 Å². The molecule has 1 heterocycles. The summed E-state index contributed by atoms with van der Waals surface area (Å²) in [6, 6.07) is 0. The van der Waals surface area contributed by atoms with E-state index in [-0.39, 0.29) is 5.91 Å². The number of imide groups is 1. The van der Waals surface area contributed by atoms with Gasteiger partial charge in [0.1, 0.15) is 11.2 Å². The van der Waals surface area contributed by atoms with E-state index in [4.69, 9.17) is 9.47 Å². The highest BCUT2D eigenvalue weighted by Gasteiger charge is 2.33. The van der Waals surface area contributed by atoms with Crippen LogP contribution in [-0.4, -0.2) is 59.2 Å². The summed E-state index contributed by atoms with van der Waals surface area (Å²) < 4.78 is 10.5. The second kappa shape index (κ2) is 7.89. The van der Waals surface area contributed by atoms with Crippen molar-refractivity contribution in [2.45, 2.75) is 65.6 Å². The van der Waals surface area contributed by atoms with Gasteiger partial charge in [-0.2, -0.15) is 0 Å². The van der Waals surface area contributed by atoms with E-state index in [1.807, 2.05) is 20.8 Å². The predicted molar refractivity (Wildman–Crippen MR) is 94.1 cm³/mol. The van der Waals surface area contributed by atoms with E-state index in [0.29, 0.717) is 31.5 Å².